The van der Waals surface area contributed by atoms with E-state index in [1.165, 1.54) is 6.92 Å². The summed E-state index contributed by atoms with van der Waals surface area (Å²) in [5.41, 5.74) is 7.32. The van der Waals surface area contributed by atoms with Crippen molar-refractivity contribution in [2.45, 2.75) is 84.2 Å². The van der Waals surface area contributed by atoms with Crippen molar-refractivity contribution in [1.29, 1.82) is 0 Å². The van der Waals surface area contributed by atoms with Crippen molar-refractivity contribution in [2.75, 3.05) is 0 Å². The molecule has 2 aromatic rings. The minimum atomic E-state index is -1.22. The molecule has 0 aliphatic carbocycles. The van der Waals surface area contributed by atoms with Gasteiger partial charge < -0.3 is 36.9 Å². The van der Waals surface area contributed by atoms with E-state index in [-0.39, 0.29) is 24.7 Å². The van der Waals surface area contributed by atoms with Crippen LogP contribution in [0.5, 0.6) is 0 Å². The van der Waals surface area contributed by atoms with Crippen LogP contribution >= 0.6 is 0 Å². The number of amides is 3. The van der Waals surface area contributed by atoms with E-state index < -0.39 is 54.0 Å². The number of carbonyl (C=O) groups is 4. The summed E-state index contributed by atoms with van der Waals surface area (Å²) < 4.78 is 0. The van der Waals surface area contributed by atoms with Gasteiger partial charge in [0.25, 0.3) is 0 Å². The number of H-pyrrole nitrogens is 1. The number of hydrogen-bond acceptors (Lipinski definition) is 6. The molecular weight excluding hydrogens is 490 g/mol. The Labute approximate surface area is 222 Å². The highest BCUT2D eigenvalue weighted by molar-refractivity contribution is 5.94. The van der Waals surface area contributed by atoms with Gasteiger partial charge in [-0.25, -0.2) is 4.79 Å². The van der Waals surface area contributed by atoms with Crippen molar-refractivity contribution >= 4 is 34.6 Å². The normalized spacial score (nSPS) is 16.2. The van der Waals surface area contributed by atoms with Crippen LogP contribution in [0.1, 0.15) is 53.0 Å². The maximum absolute atomic E-state index is 13.3. The number of carbonyl (C=O) groups excluding carboxylic acids is 3. The zero-order valence-corrected chi connectivity index (χ0v) is 22.7. The predicted molar refractivity (Wildman–Crippen MR) is 144 cm³/mol. The molecule has 38 heavy (non-hydrogen) atoms. The Balaban J connectivity index is 2.20. The Morgan fingerprint density at radius 2 is 1.58 bits per heavy atom. The van der Waals surface area contributed by atoms with E-state index in [9.17, 15) is 29.4 Å². The Kier molecular flexibility index (Phi) is 11.3. The molecule has 210 valence electrons. The first kappa shape index (κ1) is 30.8. The van der Waals surface area contributed by atoms with Gasteiger partial charge in [-0.2, -0.15) is 0 Å². The minimum absolute atomic E-state index is 0.00301. The van der Waals surface area contributed by atoms with Crippen LogP contribution in [0.15, 0.2) is 30.5 Å². The lowest BCUT2D eigenvalue weighted by Crippen LogP contribution is -2.59. The zero-order chi connectivity index (χ0) is 28.6. The van der Waals surface area contributed by atoms with Crippen molar-refractivity contribution < 1.29 is 29.4 Å². The molecule has 0 spiro atoms. The molecule has 0 fully saturated rings. The van der Waals surface area contributed by atoms with Crippen molar-refractivity contribution in [1.82, 2.24) is 20.9 Å². The number of fused-ring (bicyclic) bond motifs is 1. The molecule has 0 aliphatic rings. The third-order valence-electron chi connectivity index (χ3n) is 6.67. The number of nitrogens with one attached hydrogen (secondary N) is 4. The van der Waals surface area contributed by atoms with Crippen molar-refractivity contribution in [2.24, 2.45) is 17.6 Å². The molecular formula is C27H41N5O6. The first-order valence-corrected chi connectivity index (χ1v) is 13.0. The number of para-hydroxylation sites is 1. The molecule has 8 N–H and O–H groups in total. The van der Waals surface area contributed by atoms with E-state index in [1.807, 2.05) is 45.0 Å². The van der Waals surface area contributed by atoms with Gasteiger partial charge in [0, 0.05) is 23.5 Å². The van der Waals surface area contributed by atoms with Crippen LogP contribution in [0.4, 0.5) is 0 Å². The number of hydrogen-bond donors (Lipinski definition) is 7. The Morgan fingerprint density at radius 3 is 2.16 bits per heavy atom. The Morgan fingerprint density at radius 1 is 0.947 bits per heavy atom. The summed E-state index contributed by atoms with van der Waals surface area (Å²) in [5.74, 6) is -3.39. The Hall–Kier alpha value is -3.44. The summed E-state index contributed by atoms with van der Waals surface area (Å²) in [6.07, 6.45) is 1.47. The molecule has 11 heteroatoms. The van der Waals surface area contributed by atoms with Gasteiger partial charge in [-0.3, -0.25) is 14.4 Å². The summed E-state index contributed by atoms with van der Waals surface area (Å²) in [7, 11) is 0. The van der Waals surface area contributed by atoms with E-state index in [2.05, 4.69) is 20.9 Å². The van der Waals surface area contributed by atoms with Crippen LogP contribution in [0, 0.1) is 11.8 Å². The lowest BCUT2D eigenvalue weighted by molar-refractivity contribution is -0.142. The van der Waals surface area contributed by atoms with Crippen LogP contribution in [0.3, 0.4) is 0 Å². The summed E-state index contributed by atoms with van der Waals surface area (Å²) in [4.78, 5) is 54.1. The van der Waals surface area contributed by atoms with Crippen LogP contribution in [0.2, 0.25) is 0 Å². The largest absolute Gasteiger partial charge is 0.480 e. The number of rotatable bonds is 14. The third-order valence-corrected chi connectivity index (χ3v) is 6.67. The van der Waals surface area contributed by atoms with Gasteiger partial charge in [0.1, 0.15) is 24.2 Å². The second kappa shape index (κ2) is 13.9. The number of aliphatic hydroxyl groups is 1. The summed E-state index contributed by atoms with van der Waals surface area (Å²) in [6.45, 7) is 8.76. The number of nitrogens with two attached hydrogens (primary N) is 1. The van der Waals surface area contributed by atoms with Gasteiger partial charge in [0.2, 0.25) is 17.7 Å². The molecule has 0 radical (unpaired) electrons. The fourth-order valence-corrected chi connectivity index (χ4v) is 4.13. The average Bonchev–Trinajstić information content (AvgIpc) is 3.27. The summed E-state index contributed by atoms with van der Waals surface area (Å²) in [5, 5.41) is 28.2. The quantitative estimate of drug-likeness (QED) is 0.190. The van der Waals surface area contributed by atoms with E-state index in [4.69, 9.17) is 5.73 Å². The number of benzene rings is 1. The third kappa shape index (κ3) is 8.29. The highest BCUT2D eigenvalue weighted by Crippen LogP contribution is 2.19. The summed E-state index contributed by atoms with van der Waals surface area (Å²) >= 11 is 0. The van der Waals surface area contributed by atoms with Gasteiger partial charge in [0.05, 0.1) is 6.10 Å². The van der Waals surface area contributed by atoms with Gasteiger partial charge in [-0.05, 0) is 36.8 Å². The maximum atomic E-state index is 13.3. The van der Waals surface area contributed by atoms with Gasteiger partial charge in [-0.15, -0.1) is 0 Å². The number of aliphatic carboxylic acids is 1. The van der Waals surface area contributed by atoms with Gasteiger partial charge in [0.15, 0.2) is 0 Å². The molecule has 6 atom stereocenters. The molecule has 11 nitrogen and oxygen atoms in total. The minimum Gasteiger partial charge on any atom is -0.480 e. The number of carboxylic acid groups (broad SMARTS) is 1. The van der Waals surface area contributed by atoms with Gasteiger partial charge in [-0.1, -0.05) is 52.3 Å². The highest BCUT2D eigenvalue weighted by Gasteiger charge is 2.33. The van der Waals surface area contributed by atoms with E-state index in [0.717, 1.165) is 16.5 Å². The fraction of sp³-hybridized carbons (Fsp3) is 0.556. The highest BCUT2D eigenvalue weighted by atomic mass is 16.4. The molecule has 6 unspecified atom stereocenters. The van der Waals surface area contributed by atoms with E-state index in [0.29, 0.717) is 6.42 Å². The monoisotopic (exact) mass is 531 g/mol. The van der Waals surface area contributed by atoms with Gasteiger partial charge >= 0.3 is 5.97 Å². The van der Waals surface area contributed by atoms with Crippen LogP contribution < -0.4 is 21.7 Å². The number of aromatic nitrogens is 1. The van der Waals surface area contributed by atoms with Crippen molar-refractivity contribution in [3.05, 3.63) is 36.0 Å². The molecule has 0 saturated heterocycles. The Bertz CT molecular complexity index is 1110. The molecule has 0 bridgehead atoms. The standard InChI is InChI=1S/C27H41N5O6/c1-6-15(4)23(32-25(35)22(28)16(5)33)26(36)30-20(11-14(2)3)24(34)31-21(27(37)38)12-17-13-29-19-10-8-7-9-18(17)19/h7-10,13-16,20-23,29,33H,6,11-12,28H2,1-5H3,(H,30,36)(H,31,34)(H,32,35)(H,37,38). The topological polar surface area (TPSA) is 187 Å². The van der Waals surface area contributed by atoms with Crippen molar-refractivity contribution in [3.8, 4) is 0 Å². The van der Waals surface area contributed by atoms with Crippen molar-refractivity contribution in [3.63, 3.8) is 0 Å². The molecule has 1 aromatic heterocycles. The van der Waals surface area contributed by atoms with Crippen LogP contribution in [0.25, 0.3) is 10.9 Å². The molecule has 1 aromatic carbocycles. The lowest BCUT2D eigenvalue weighted by Gasteiger charge is -2.29. The molecule has 1 heterocycles. The predicted octanol–water partition coefficient (Wildman–Crippen LogP) is 1.05. The molecule has 3 amide bonds. The number of aliphatic hydroxyl groups excluding tert-OH is 1. The molecule has 2 rings (SSSR count). The number of aromatic amines is 1. The first-order chi connectivity index (χ1) is 17.8. The summed E-state index contributed by atoms with van der Waals surface area (Å²) in [6, 6.07) is 3.00. The first-order valence-electron chi connectivity index (χ1n) is 13.0. The van der Waals surface area contributed by atoms with E-state index >= 15 is 0 Å². The smallest absolute Gasteiger partial charge is 0.326 e. The van der Waals surface area contributed by atoms with Crippen LogP contribution in [-0.4, -0.2) is 69.2 Å². The average molecular weight is 532 g/mol. The second-order valence-electron chi connectivity index (χ2n) is 10.3. The number of carboxylic acids is 1. The van der Waals surface area contributed by atoms with E-state index in [1.54, 1.807) is 13.1 Å². The molecule has 0 aliphatic heterocycles. The molecule has 0 saturated carbocycles. The SMILES string of the molecule is CCC(C)C(NC(=O)C(N)C(C)O)C(=O)NC(CC(C)C)C(=O)NC(Cc1c[nH]c2ccccc12)C(=O)O. The van der Waals surface area contributed by atoms with Crippen LogP contribution in [-0.2, 0) is 25.6 Å². The lowest BCUT2D eigenvalue weighted by atomic mass is 9.96. The maximum Gasteiger partial charge on any atom is 0.326 e. The zero-order valence-electron chi connectivity index (χ0n) is 22.7. The fourth-order valence-electron chi connectivity index (χ4n) is 4.13. The second-order valence-corrected chi connectivity index (χ2v) is 10.3.